The number of fused-ring (bicyclic) bond motifs is 4. The average molecular weight is 437 g/mol. The lowest BCUT2D eigenvalue weighted by Crippen LogP contribution is -1.90. The molecular weight excluding hydrogens is 408 g/mol. The molecule has 0 saturated carbocycles. The summed E-state index contributed by atoms with van der Waals surface area (Å²) in [5, 5.41) is 13.4. The van der Waals surface area contributed by atoms with Crippen molar-refractivity contribution in [2.24, 2.45) is 0 Å². The van der Waals surface area contributed by atoms with Crippen LogP contribution < -0.4 is 0 Å². The minimum atomic E-state index is 1.28. The zero-order valence-corrected chi connectivity index (χ0v) is 20.2. The Morgan fingerprint density at radius 3 is 1.79 bits per heavy atom. The SMILES string of the molecule is CC.Cc1cc2ccc(-c3ccc4c5ccccc5c5cccc6ccc3c4c65)cc2cc1C. The summed E-state index contributed by atoms with van der Waals surface area (Å²) in [4.78, 5) is 0. The van der Waals surface area contributed by atoms with E-state index in [0.29, 0.717) is 0 Å². The van der Waals surface area contributed by atoms with Gasteiger partial charge in [-0.1, -0.05) is 105 Å². The van der Waals surface area contributed by atoms with Gasteiger partial charge >= 0.3 is 0 Å². The molecule has 0 unspecified atom stereocenters. The van der Waals surface area contributed by atoms with Gasteiger partial charge in [-0.05, 0) is 96.0 Å². The highest BCUT2D eigenvalue weighted by molar-refractivity contribution is 6.35. The van der Waals surface area contributed by atoms with Gasteiger partial charge in [0.05, 0.1) is 0 Å². The van der Waals surface area contributed by atoms with Crippen LogP contribution in [0.3, 0.4) is 0 Å². The highest BCUT2D eigenvalue weighted by Gasteiger charge is 2.15. The van der Waals surface area contributed by atoms with Crippen LogP contribution >= 0.6 is 0 Å². The molecule has 0 aromatic heterocycles. The molecule has 7 aromatic rings. The summed E-state index contributed by atoms with van der Waals surface area (Å²) in [6.07, 6.45) is 0. The van der Waals surface area contributed by atoms with Gasteiger partial charge in [-0.2, -0.15) is 0 Å². The van der Waals surface area contributed by atoms with Gasteiger partial charge in [0.25, 0.3) is 0 Å². The maximum Gasteiger partial charge on any atom is -0.00141 e. The van der Waals surface area contributed by atoms with Gasteiger partial charge < -0.3 is 0 Å². The minimum absolute atomic E-state index is 1.28. The molecule has 0 atom stereocenters. The van der Waals surface area contributed by atoms with Gasteiger partial charge in [0.2, 0.25) is 0 Å². The van der Waals surface area contributed by atoms with E-state index in [4.69, 9.17) is 0 Å². The van der Waals surface area contributed by atoms with Crippen LogP contribution in [0.1, 0.15) is 25.0 Å². The molecule has 0 N–H and O–H groups in total. The first-order chi connectivity index (χ1) is 16.7. The van der Waals surface area contributed by atoms with E-state index >= 15 is 0 Å². The number of benzene rings is 7. The van der Waals surface area contributed by atoms with Crippen molar-refractivity contribution in [3.63, 3.8) is 0 Å². The quantitative estimate of drug-likeness (QED) is 0.177. The van der Waals surface area contributed by atoms with E-state index in [2.05, 4.69) is 111 Å². The van der Waals surface area contributed by atoms with Crippen molar-refractivity contribution >= 4 is 53.9 Å². The third-order valence-electron chi connectivity index (χ3n) is 7.29. The lowest BCUT2D eigenvalue weighted by atomic mass is 9.86. The van der Waals surface area contributed by atoms with Crippen LogP contribution in [-0.4, -0.2) is 0 Å². The molecule has 7 aromatic carbocycles. The lowest BCUT2D eigenvalue weighted by Gasteiger charge is -2.17. The fourth-order valence-electron chi connectivity index (χ4n) is 5.57. The third-order valence-corrected chi connectivity index (χ3v) is 7.29. The van der Waals surface area contributed by atoms with Gasteiger partial charge in [-0.15, -0.1) is 0 Å². The molecule has 0 nitrogen and oxygen atoms in total. The highest BCUT2D eigenvalue weighted by Crippen LogP contribution is 2.43. The van der Waals surface area contributed by atoms with Crippen molar-refractivity contribution in [1.29, 1.82) is 0 Å². The van der Waals surface area contributed by atoms with Gasteiger partial charge in [0.1, 0.15) is 0 Å². The van der Waals surface area contributed by atoms with Crippen molar-refractivity contribution in [2.75, 3.05) is 0 Å². The van der Waals surface area contributed by atoms with Gasteiger partial charge in [0.15, 0.2) is 0 Å². The Morgan fingerprint density at radius 1 is 0.412 bits per heavy atom. The van der Waals surface area contributed by atoms with E-state index in [-0.39, 0.29) is 0 Å². The molecule has 0 aliphatic carbocycles. The molecule has 0 fully saturated rings. The molecule has 34 heavy (non-hydrogen) atoms. The first-order valence-corrected chi connectivity index (χ1v) is 12.3. The largest absolute Gasteiger partial charge is 0.0683 e. The average Bonchev–Trinajstić information content (AvgIpc) is 2.89. The van der Waals surface area contributed by atoms with Crippen LogP contribution in [0.2, 0.25) is 0 Å². The Labute approximate surface area is 200 Å². The van der Waals surface area contributed by atoms with Crippen LogP contribution in [0.4, 0.5) is 0 Å². The summed E-state index contributed by atoms with van der Waals surface area (Å²) in [7, 11) is 0. The van der Waals surface area contributed by atoms with Crippen molar-refractivity contribution < 1.29 is 0 Å². The Morgan fingerprint density at radius 2 is 1.03 bits per heavy atom. The van der Waals surface area contributed by atoms with E-state index in [1.54, 1.807) is 0 Å². The van der Waals surface area contributed by atoms with E-state index in [1.165, 1.54) is 76.1 Å². The molecule has 0 amide bonds. The summed E-state index contributed by atoms with van der Waals surface area (Å²) in [6, 6.07) is 36.3. The van der Waals surface area contributed by atoms with E-state index in [0.717, 1.165) is 0 Å². The molecule has 7 rings (SSSR count). The van der Waals surface area contributed by atoms with E-state index < -0.39 is 0 Å². The van der Waals surface area contributed by atoms with Crippen molar-refractivity contribution in [1.82, 2.24) is 0 Å². The Hall–Kier alpha value is -3.90. The Bertz CT molecular complexity index is 1840. The number of hydrogen-bond acceptors (Lipinski definition) is 0. The predicted octanol–water partition coefficient (Wildman–Crippen LogP) is 10.2. The first kappa shape index (κ1) is 20.7. The normalized spacial score (nSPS) is 11.5. The van der Waals surface area contributed by atoms with Crippen molar-refractivity contribution in [3.05, 3.63) is 108 Å². The monoisotopic (exact) mass is 436 g/mol. The molecule has 0 heterocycles. The fraction of sp³-hybridized carbons (Fsp3) is 0.118. The van der Waals surface area contributed by atoms with Gasteiger partial charge in [0, 0.05) is 0 Å². The van der Waals surface area contributed by atoms with Crippen molar-refractivity contribution in [3.8, 4) is 11.1 Å². The molecule has 0 aliphatic rings. The van der Waals surface area contributed by atoms with E-state index in [1.807, 2.05) is 13.8 Å². The summed E-state index contributed by atoms with van der Waals surface area (Å²) in [5.74, 6) is 0. The van der Waals surface area contributed by atoms with Crippen LogP contribution in [0.15, 0.2) is 97.1 Å². The second kappa shape index (κ2) is 7.85. The topological polar surface area (TPSA) is 0 Å². The minimum Gasteiger partial charge on any atom is -0.0683 e. The predicted molar refractivity (Wildman–Crippen MR) is 151 cm³/mol. The second-order valence-electron chi connectivity index (χ2n) is 9.10. The standard InChI is InChI=1S/C32H22.C2H6/c1-19-16-22-10-11-23(18-24(22)17-20(19)2)25-14-15-30-27-8-4-3-7-26(27)28-9-5-6-21-12-13-29(25)32(30)31(21)28;1-2/h3-18H,1-2H3;1-2H3. The first-order valence-electron chi connectivity index (χ1n) is 12.3. The van der Waals surface area contributed by atoms with Crippen LogP contribution in [0.5, 0.6) is 0 Å². The van der Waals surface area contributed by atoms with Crippen LogP contribution in [0.25, 0.3) is 65.0 Å². The Balaban J connectivity index is 0.00000106. The fourth-order valence-corrected chi connectivity index (χ4v) is 5.57. The zero-order chi connectivity index (χ0) is 23.4. The second-order valence-corrected chi connectivity index (χ2v) is 9.10. The summed E-state index contributed by atoms with van der Waals surface area (Å²) >= 11 is 0. The highest BCUT2D eigenvalue weighted by atomic mass is 14.2. The molecule has 0 heteroatoms. The molecule has 0 bridgehead atoms. The summed E-state index contributed by atoms with van der Waals surface area (Å²) < 4.78 is 0. The van der Waals surface area contributed by atoms with Gasteiger partial charge in [-0.25, -0.2) is 0 Å². The van der Waals surface area contributed by atoms with Gasteiger partial charge in [-0.3, -0.25) is 0 Å². The number of rotatable bonds is 1. The smallest absolute Gasteiger partial charge is 0.00141 e. The molecule has 0 radical (unpaired) electrons. The molecular formula is C34H28. The zero-order valence-electron chi connectivity index (χ0n) is 20.2. The van der Waals surface area contributed by atoms with Crippen LogP contribution in [0, 0.1) is 13.8 Å². The van der Waals surface area contributed by atoms with Crippen LogP contribution in [-0.2, 0) is 0 Å². The summed E-state index contributed by atoms with van der Waals surface area (Å²) in [5.41, 5.74) is 5.28. The molecule has 0 spiro atoms. The maximum absolute atomic E-state index is 2.35. The maximum atomic E-state index is 2.35. The Kier molecular flexibility index (Phi) is 4.78. The van der Waals surface area contributed by atoms with E-state index in [9.17, 15) is 0 Å². The van der Waals surface area contributed by atoms with Crippen molar-refractivity contribution in [2.45, 2.75) is 27.7 Å². The molecule has 0 saturated heterocycles. The number of aryl methyl sites for hydroxylation is 2. The third kappa shape index (κ3) is 2.92. The molecule has 164 valence electrons. The molecule has 0 aliphatic heterocycles. The number of hydrogen-bond donors (Lipinski definition) is 0. The lowest BCUT2D eigenvalue weighted by molar-refractivity contribution is 1.37. The summed E-state index contributed by atoms with van der Waals surface area (Å²) in [6.45, 7) is 8.39.